The van der Waals surface area contributed by atoms with E-state index in [-0.39, 0.29) is 6.61 Å². The lowest BCUT2D eigenvalue weighted by molar-refractivity contribution is -0.139. The summed E-state index contributed by atoms with van der Waals surface area (Å²) in [6.45, 7) is 0.242. The van der Waals surface area contributed by atoms with Crippen LogP contribution in [0.3, 0.4) is 0 Å². The Hall–Kier alpha value is -4.06. The Bertz CT molecular complexity index is 1170. The van der Waals surface area contributed by atoms with Gasteiger partial charge >= 0.3 is 5.97 Å². The third-order valence-electron chi connectivity index (χ3n) is 4.58. The minimum absolute atomic E-state index is 0.261. The zero-order valence-electron chi connectivity index (χ0n) is 16.7. The van der Waals surface area contributed by atoms with Crippen LogP contribution in [0.2, 0.25) is 0 Å². The Labute approximate surface area is 179 Å². The van der Waals surface area contributed by atoms with Gasteiger partial charge in [0.2, 0.25) is 0 Å². The van der Waals surface area contributed by atoms with Crippen LogP contribution < -0.4 is 14.2 Å². The van der Waals surface area contributed by atoms with E-state index >= 15 is 0 Å². The Morgan fingerprint density at radius 3 is 2.19 bits per heavy atom. The van der Waals surface area contributed by atoms with Gasteiger partial charge in [-0.3, -0.25) is 0 Å². The van der Waals surface area contributed by atoms with Crippen molar-refractivity contribution in [1.82, 2.24) is 4.98 Å². The normalized spacial score (nSPS) is 10.6. The van der Waals surface area contributed by atoms with Crippen LogP contribution in [0.25, 0.3) is 10.9 Å². The lowest BCUT2D eigenvalue weighted by atomic mass is 10.2. The molecule has 4 rings (SSSR count). The predicted molar refractivity (Wildman–Crippen MR) is 116 cm³/mol. The first-order valence-electron chi connectivity index (χ1n) is 9.80. The lowest BCUT2D eigenvalue weighted by Gasteiger charge is -2.12. The van der Waals surface area contributed by atoms with E-state index in [1.165, 1.54) is 0 Å². The molecule has 0 bridgehead atoms. The molecule has 0 saturated carbocycles. The molecular formula is C25H21NO5. The summed E-state index contributed by atoms with van der Waals surface area (Å²) in [5, 5.41) is 9.89. The molecule has 31 heavy (non-hydrogen) atoms. The number of carboxylic acid groups (broad SMARTS) is 1. The standard InChI is InChI=1S/C25H21NO5/c27-25(28)17-31-24-8-4-2-6-19(24)15-29-21-11-13-22(14-12-21)30-16-20-10-9-18-5-1-3-7-23(18)26-20/h1-14H,15-17H2,(H,27,28). The number of hydrogen-bond acceptors (Lipinski definition) is 5. The molecule has 156 valence electrons. The highest BCUT2D eigenvalue weighted by Gasteiger charge is 2.07. The maximum atomic E-state index is 10.7. The van der Waals surface area contributed by atoms with Gasteiger partial charge in [0.15, 0.2) is 6.61 Å². The van der Waals surface area contributed by atoms with E-state index < -0.39 is 12.6 Å². The maximum Gasteiger partial charge on any atom is 0.341 e. The SMILES string of the molecule is O=C(O)COc1ccccc1COc1ccc(OCc2ccc3ccccc3n2)cc1. The van der Waals surface area contributed by atoms with Gasteiger partial charge in [-0.1, -0.05) is 42.5 Å². The molecule has 0 atom stereocenters. The van der Waals surface area contributed by atoms with Crippen LogP contribution in [0.15, 0.2) is 84.9 Å². The highest BCUT2D eigenvalue weighted by Crippen LogP contribution is 2.23. The lowest BCUT2D eigenvalue weighted by Crippen LogP contribution is -2.11. The second-order valence-corrected chi connectivity index (χ2v) is 6.83. The maximum absolute atomic E-state index is 10.7. The Kier molecular flexibility index (Phi) is 6.28. The summed E-state index contributed by atoms with van der Waals surface area (Å²) in [5.41, 5.74) is 2.57. The monoisotopic (exact) mass is 415 g/mol. The molecule has 0 fully saturated rings. The van der Waals surface area contributed by atoms with Gasteiger partial charge < -0.3 is 19.3 Å². The van der Waals surface area contributed by atoms with Gasteiger partial charge in [0.05, 0.1) is 11.2 Å². The van der Waals surface area contributed by atoms with E-state index in [4.69, 9.17) is 19.3 Å². The molecule has 0 aliphatic rings. The number of pyridine rings is 1. The summed E-state index contributed by atoms with van der Waals surface area (Å²) in [6.07, 6.45) is 0. The summed E-state index contributed by atoms with van der Waals surface area (Å²) in [7, 11) is 0. The van der Waals surface area contributed by atoms with Crippen LogP contribution >= 0.6 is 0 Å². The molecule has 4 aromatic rings. The number of aromatic nitrogens is 1. The molecule has 0 saturated heterocycles. The van der Waals surface area contributed by atoms with Crippen molar-refractivity contribution in [2.75, 3.05) is 6.61 Å². The minimum atomic E-state index is -1.02. The van der Waals surface area contributed by atoms with Crippen molar-refractivity contribution in [1.29, 1.82) is 0 Å². The molecule has 6 heteroatoms. The van der Waals surface area contributed by atoms with E-state index in [1.54, 1.807) is 12.1 Å². The minimum Gasteiger partial charge on any atom is -0.489 e. The first-order chi connectivity index (χ1) is 15.2. The largest absolute Gasteiger partial charge is 0.489 e. The molecule has 0 spiro atoms. The van der Waals surface area contributed by atoms with Crippen LogP contribution in [0, 0.1) is 0 Å². The fraction of sp³-hybridized carbons (Fsp3) is 0.120. The number of aliphatic carboxylic acids is 1. The molecule has 0 radical (unpaired) electrons. The van der Waals surface area contributed by atoms with Crippen LogP contribution in [0.5, 0.6) is 17.2 Å². The number of ether oxygens (including phenoxy) is 3. The van der Waals surface area contributed by atoms with E-state index in [0.717, 1.165) is 22.2 Å². The van der Waals surface area contributed by atoms with Crippen LogP contribution in [-0.2, 0) is 18.0 Å². The van der Waals surface area contributed by atoms with Crippen molar-refractivity contribution in [2.24, 2.45) is 0 Å². The zero-order chi connectivity index (χ0) is 21.5. The third kappa shape index (κ3) is 5.51. The van der Waals surface area contributed by atoms with Crippen molar-refractivity contribution < 1.29 is 24.1 Å². The Balaban J connectivity index is 1.33. The van der Waals surface area contributed by atoms with Gasteiger partial charge in [0, 0.05) is 10.9 Å². The predicted octanol–water partition coefficient (Wildman–Crippen LogP) is 4.86. The zero-order valence-corrected chi connectivity index (χ0v) is 16.7. The van der Waals surface area contributed by atoms with Crippen molar-refractivity contribution in [3.8, 4) is 17.2 Å². The van der Waals surface area contributed by atoms with Crippen molar-refractivity contribution in [2.45, 2.75) is 13.2 Å². The summed E-state index contributed by atoms with van der Waals surface area (Å²) in [4.78, 5) is 15.3. The molecule has 1 N–H and O–H groups in total. The summed E-state index contributed by atoms with van der Waals surface area (Å²) in [5.74, 6) is 0.856. The summed E-state index contributed by atoms with van der Waals surface area (Å²) < 4.78 is 17.0. The molecule has 0 unspecified atom stereocenters. The molecule has 1 aromatic heterocycles. The molecule has 0 amide bonds. The van der Waals surface area contributed by atoms with Crippen LogP contribution in [-0.4, -0.2) is 22.7 Å². The van der Waals surface area contributed by atoms with E-state index in [2.05, 4.69) is 4.98 Å². The third-order valence-corrected chi connectivity index (χ3v) is 4.58. The average molecular weight is 415 g/mol. The number of carbonyl (C=O) groups is 1. The number of benzene rings is 3. The average Bonchev–Trinajstić information content (AvgIpc) is 2.81. The topological polar surface area (TPSA) is 77.9 Å². The van der Waals surface area contributed by atoms with Crippen LogP contribution in [0.4, 0.5) is 0 Å². The van der Waals surface area contributed by atoms with E-state index in [1.807, 2.05) is 72.8 Å². The number of para-hydroxylation sites is 2. The van der Waals surface area contributed by atoms with Crippen LogP contribution in [0.1, 0.15) is 11.3 Å². The molecular weight excluding hydrogens is 394 g/mol. The van der Waals surface area contributed by atoms with E-state index in [9.17, 15) is 4.79 Å². The number of hydrogen-bond donors (Lipinski definition) is 1. The Morgan fingerprint density at radius 2 is 1.42 bits per heavy atom. The van der Waals surface area contributed by atoms with Crippen molar-refractivity contribution in [3.05, 3.63) is 96.2 Å². The highest BCUT2D eigenvalue weighted by atomic mass is 16.5. The fourth-order valence-electron chi connectivity index (χ4n) is 3.04. The van der Waals surface area contributed by atoms with Gasteiger partial charge in [0.1, 0.15) is 30.5 Å². The number of carboxylic acids is 1. The second kappa shape index (κ2) is 9.63. The fourth-order valence-corrected chi connectivity index (χ4v) is 3.04. The molecule has 1 heterocycles. The number of fused-ring (bicyclic) bond motifs is 1. The molecule has 6 nitrogen and oxygen atoms in total. The molecule has 0 aliphatic heterocycles. The molecule has 0 aliphatic carbocycles. The van der Waals surface area contributed by atoms with Gasteiger partial charge in [0.25, 0.3) is 0 Å². The smallest absolute Gasteiger partial charge is 0.341 e. The summed E-state index contributed by atoms with van der Waals surface area (Å²) in [6, 6.07) is 26.5. The van der Waals surface area contributed by atoms with Crippen molar-refractivity contribution in [3.63, 3.8) is 0 Å². The Morgan fingerprint density at radius 1 is 0.742 bits per heavy atom. The number of rotatable bonds is 9. The van der Waals surface area contributed by atoms with Crippen molar-refractivity contribution >= 4 is 16.9 Å². The summed E-state index contributed by atoms with van der Waals surface area (Å²) >= 11 is 0. The molecule has 3 aromatic carbocycles. The van der Waals surface area contributed by atoms with E-state index in [0.29, 0.717) is 23.9 Å². The van der Waals surface area contributed by atoms with Gasteiger partial charge in [-0.05, 0) is 42.5 Å². The first kappa shape index (κ1) is 20.2. The van der Waals surface area contributed by atoms with Gasteiger partial charge in [-0.15, -0.1) is 0 Å². The van der Waals surface area contributed by atoms with Gasteiger partial charge in [-0.25, -0.2) is 9.78 Å². The van der Waals surface area contributed by atoms with Gasteiger partial charge in [-0.2, -0.15) is 0 Å². The highest BCUT2D eigenvalue weighted by molar-refractivity contribution is 5.78. The number of nitrogens with zero attached hydrogens (tertiary/aromatic N) is 1. The first-order valence-corrected chi connectivity index (χ1v) is 9.80. The second-order valence-electron chi connectivity index (χ2n) is 6.83. The quantitative estimate of drug-likeness (QED) is 0.421.